The third-order valence-corrected chi connectivity index (χ3v) is 5.48. The molecular formula is C18H23ClN2O3. The van der Waals surface area contributed by atoms with E-state index in [1.54, 1.807) is 0 Å². The molecule has 3 heterocycles. The van der Waals surface area contributed by atoms with E-state index in [4.69, 9.17) is 4.74 Å². The Morgan fingerprint density at radius 3 is 2.75 bits per heavy atom. The zero-order valence-corrected chi connectivity index (χ0v) is 14.4. The molecule has 2 amide bonds. The van der Waals surface area contributed by atoms with E-state index in [0.717, 1.165) is 30.8 Å². The number of halogens is 1. The first-order valence-corrected chi connectivity index (χ1v) is 8.49. The number of rotatable bonds is 2. The minimum absolute atomic E-state index is 0. The molecule has 1 aromatic rings. The number of piperidine rings is 2. The summed E-state index contributed by atoms with van der Waals surface area (Å²) < 4.78 is 5.76. The van der Waals surface area contributed by atoms with Crippen LogP contribution in [0.2, 0.25) is 0 Å². The van der Waals surface area contributed by atoms with Gasteiger partial charge in [-0.15, -0.1) is 12.4 Å². The van der Waals surface area contributed by atoms with Crippen LogP contribution in [0, 0.1) is 5.92 Å². The van der Waals surface area contributed by atoms with E-state index < -0.39 is 5.41 Å². The summed E-state index contributed by atoms with van der Waals surface area (Å²) in [5.41, 5.74) is 1.56. The van der Waals surface area contributed by atoms with E-state index in [-0.39, 0.29) is 24.2 Å². The molecule has 130 valence electrons. The lowest BCUT2D eigenvalue weighted by Gasteiger charge is -2.30. The average molecular weight is 351 g/mol. The molecule has 4 rings (SSSR count). The first kappa shape index (κ1) is 17.2. The number of imide groups is 1. The number of fused-ring (bicyclic) bond motifs is 2. The molecule has 5 nitrogen and oxygen atoms in total. The Morgan fingerprint density at radius 2 is 2.00 bits per heavy atom. The largest absolute Gasteiger partial charge is 0.492 e. The smallest absolute Gasteiger partial charge is 0.240 e. The Labute approximate surface area is 147 Å². The molecule has 0 radical (unpaired) electrons. The van der Waals surface area contributed by atoms with Crippen LogP contribution in [0.15, 0.2) is 18.2 Å². The molecule has 1 atom stereocenters. The predicted octanol–water partition coefficient (Wildman–Crippen LogP) is 1.72. The molecule has 0 aromatic heterocycles. The Balaban J connectivity index is 0.00000169. The van der Waals surface area contributed by atoms with Crippen molar-refractivity contribution < 1.29 is 14.3 Å². The Morgan fingerprint density at radius 1 is 1.21 bits per heavy atom. The van der Waals surface area contributed by atoms with Crippen LogP contribution in [-0.2, 0) is 21.4 Å². The maximum atomic E-state index is 12.5. The fourth-order valence-electron chi connectivity index (χ4n) is 4.05. The van der Waals surface area contributed by atoms with Gasteiger partial charge in [-0.2, -0.15) is 0 Å². The van der Waals surface area contributed by atoms with Gasteiger partial charge in [-0.05, 0) is 56.3 Å². The number of carbonyl (C=O) groups excluding carboxylic acids is 2. The summed E-state index contributed by atoms with van der Waals surface area (Å²) in [5.74, 6) is 1.12. The molecule has 2 fully saturated rings. The topological polar surface area (TPSA) is 67.4 Å². The van der Waals surface area contributed by atoms with Gasteiger partial charge in [0.1, 0.15) is 17.8 Å². The lowest BCUT2D eigenvalue weighted by molar-refractivity contribution is -0.138. The van der Waals surface area contributed by atoms with Crippen LogP contribution in [0.4, 0.5) is 0 Å². The molecule has 0 bridgehead atoms. The van der Waals surface area contributed by atoms with E-state index in [2.05, 4.69) is 22.8 Å². The van der Waals surface area contributed by atoms with Crippen LogP contribution >= 0.6 is 12.4 Å². The number of ether oxygens (including phenoxy) is 1. The molecule has 2 N–H and O–H groups in total. The number of amides is 2. The maximum Gasteiger partial charge on any atom is 0.240 e. The fourth-order valence-corrected chi connectivity index (χ4v) is 4.05. The summed E-state index contributed by atoms with van der Waals surface area (Å²) >= 11 is 0. The van der Waals surface area contributed by atoms with Crippen LogP contribution in [0.3, 0.4) is 0 Å². The number of carbonyl (C=O) groups is 2. The summed E-state index contributed by atoms with van der Waals surface area (Å²) in [6.07, 6.45) is 4.38. The zero-order chi connectivity index (χ0) is 15.9. The highest BCUT2D eigenvalue weighted by Gasteiger charge is 2.50. The Hall–Kier alpha value is -1.59. The first-order chi connectivity index (χ1) is 11.2. The minimum Gasteiger partial charge on any atom is -0.492 e. The van der Waals surface area contributed by atoms with Gasteiger partial charge in [-0.3, -0.25) is 14.9 Å². The van der Waals surface area contributed by atoms with Gasteiger partial charge in [0.05, 0.1) is 0 Å². The van der Waals surface area contributed by atoms with Crippen molar-refractivity contribution in [1.29, 1.82) is 0 Å². The monoisotopic (exact) mass is 350 g/mol. The van der Waals surface area contributed by atoms with Gasteiger partial charge in [0.2, 0.25) is 11.8 Å². The maximum absolute atomic E-state index is 12.5. The standard InChI is InChI=1S/C18H22N2O3.ClH/c21-16-3-6-18(17(22)20-16)11-23-15-2-1-13(10-14(15)18)9-12-4-7-19-8-5-12;/h1-2,10,12,19H,3-9,11H2,(H,20,21,22);1H. The molecule has 2 saturated heterocycles. The van der Waals surface area contributed by atoms with Crippen molar-refractivity contribution in [3.63, 3.8) is 0 Å². The molecular weight excluding hydrogens is 328 g/mol. The van der Waals surface area contributed by atoms with Gasteiger partial charge in [0.25, 0.3) is 0 Å². The molecule has 1 spiro atoms. The van der Waals surface area contributed by atoms with Crippen molar-refractivity contribution in [2.24, 2.45) is 5.92 Å². The molecule has 1 unspecified atom stereocenters. The SMILES string of the molecule is Cl.O=C1CCC2(COc3ccc(CC4CCNCC4)cc32)C(=O)N1. The van der Waals surface area contributed by atoms with Crippen LogP contribution in [0.25, 0.3) is 0 Å². The first-order valence-electron chi connectivity index (χ1n) is 8.49. The molecule has 6 heteroatoms. The minimum atomic E-state index is -0.673. The highest BCUT2D eigenvalue weighted by Crippen LogP contribution is 2.44. The van der Waals surface area contributed by atoms with Crippen LogP contribution in [0.5, 0.6) is 5.75 Å². The Kier molecular flexibility index (Phi) is 4.83. The third kappa shape index (κ3) is 2.91. The highest BCUT2D eigenvalue weighted by atomic mass is 35.5. The van der Waals surface area contributed by atoms with Crippen LogP contribution in [0.1, 0.15) is 36.8 Å². The number of hydrogen-bond donors (Lipinski definition) is 2. The lowest BCUT2D eigenvalue weighted by atomic mass is 9.74. The number of nitrogens with one attached hydrogen (secondary N) is 2. The van der Waals surface area contributed by atoms with E-state index >= 15 is 0 Å². The summed E-state index contributed by atoms with van der Waals surface area (Å²) in [6.45, 7) is 2.53. The van der Waals surface area contributed by atoms with E-state index in [0.29, 0.717) is 25.4 Å². The summed E-state index contributed by atoms with van der Waals surface area (Å²) in [4.78, 5) is 23.9. The lowest BCUT2D eigenvalue weighted by Crippen LogP contribution is -2.52. The molecule has 1 aromatic carbocycles. The normalized spacial score (nSPS) is 26.5. The van der Waals surface area contributed by atoms with Gasteiger partial charge in [0.15, 0.2) is 0 Å². The quantitative estimate of drug-likeness (QED) is 0.797. The van der Waals surface area contributed by atoms with Crippen LogP contribution < -0.4 is 15.4 Å². The van der Waals surface area contributed by atoms with Crippen molar-refractivity contribution in [3.05, 3.63) is 29.3 Å². The summed E-state index contributed by atoms with van der Waals surface area (Å²) in [6, 6.07) is 6.25. The van der Waals surface area contributed by atoms with Crippen molar-refractivity contribution in [2.75, 3.05) is 19.7 Å². The third-order valence-electron chi connectivity index (χ3n) is 5.48. The fraction of sp³-hybridized carbons (Fsp3) is 0.556. The molecule has 3 aliphatic heterocycles. The van der Waals surface area contributed by atoms with Gasteiger partial charge in [-0.25, -0.2) is 0 Å². The highest BCUT2D eigenvalue weighted by molar-refractivity contribution is 6.04. The molecule has 0 aliphatic carbocycles. The summed E-state index contributed by atoms with van der Waals surface area (Å²) in [7, 11) is 0. The second-order valence-electron chi connectivity index (χ2n) is 6.98. The van der Waals surface area contributed by atoms with Gasteiger partial charge in [-0.1, -0.05) is 12.1 Å². The molecule has 3 aliphatic rings. The summed E-state index contributed by atoms with van der Waals surface area (Å²) in [5, 5.41) is 5.88. The second-order valence-corrected chi connectivity index (χ2v) is 6.98. The Bertz CT molecular complexity index is 658. The second kappa shape index (κ2) is 6.73. The van der Waals surface area contributed by atoms with Gasteiger partial charge < -0.3 is 10.1 Å². The molecule has 0 saturated carbocycles. The van der Waals surface area contributed by atoms with E-state index in [9.17, 15) is 9.59 Å². The van der Waals surface area contributed by atoms with Crippen molar-refractivity contribution in [1.82, 2.24) is 10.6 Å². The van der Waals surface area contributed by atoms with Gasteiger partial charge in [0, 0.05) is 12.0 Å². The van der Waals surface area contributed by atoms with Gasteiger partial charge >= 0.3 is 0 Å². The van der Waals surface area contributed by atoms with Crippen molar-refractivity contribution in [2.45, 2.75) is 37.5 Å². The zero-order valence-electron chi connectivity index (χ0n) is 13.6. The predicted molar refractivity (Wildman–Crippen MR) is 92.5 cm³/mol. The number of hydrogen-bond acceptors (Lipinski definition) is 4. The van der Waals surface area contributed by atoms with E-state index in [1.165, 1.54) is 18.4 Å². The van der Waals surface area contributed by atoms with Crippen molar-refractivity contribution >= 4 is 24.2 Å². The average Bonchev–Trinajstić information content (AvgIpc) is 2.92. The van der Waals surface area contributed by atoms with E-state index in [1.807, 2.05) is 6.07 Å². The van der Waals surface area contributed by atoms with Crippen LogP contribution in [-0.4, -0.2) is 31.5 Å². The number of benzene rings is 1. The van der Waals surface area contributed by atoms with Crippen molar-refractivity contribution in [3.8, 4) is 5.75 Å². The molecule has 24 heavy (non-hydrogen) atoms.